The Morgan fingerprint density at radius 1 is 0.933 bits per heavy atom. The van der Waals surface area contributed by atoms with Gasteiger partial charge in [0.1, 0.15) is 11.5 Å². The largest absolute Gasteiger partial charge is 0.457 e. The van der Waals surface area contributed by atoms with Crippen molar-refractivity contribution in [2.45, 2.75) is 0 Å². The zero-order valence-corrected chi connectivity index (χ0v) is 17.2. The van der Waals surface area contributed by atoms with E-state index in [2.05, 4.69) is 0 Å². The Hall–Kier alpha value is -3.29. The van der Waals surface area contributed by atoms with Gasteiger partial charge in [-0.15, -0.1) is 0 Å². The van der Waals surface area contributed by atoms with Gasteiger partial charge in [-0.3, -0.25) is 9.69 Å². The lowest BCUT2D eigenvalue weighted by molar-refractivity contribution is -0.113. The number of thioether (sulfide) groups is 1. The van der Waals surface area contributed by atoms with E-state index < -0.39 is 0 Å². The molecular weight excluding hydrogens is 418 g/mol. The number of rotatable bonds is 4. The number of amides is 1. The summed E-state index contributed by atoms with van der Waals surface area (Å²) < 4.78 is 17.1. The van der Waals surface area contributed by atoms with Gasteiger partial charge in [-0.2, -0.15) is 0 Å². The highest BCUT2D eigenvalue weighted by Crippen LogP contribution is 2.41. The third-order valence-electron chi connectivity index (χ3n) is 4.54. The van der Waals surface area contributed by atoms with Crippen molar-refractivity contribution in [1.82, 2.24) is 0 Å². The minimum atomic E-state index is -0.168. The van der Waals surface area contributed by atoms with Gasteiger partial charge in [0.05, 0.1) is 10.6 Å². The molecule has 1 fully saturated rings. The van der Waals surface area contributed by atoms with Crippen molar-refractivity contribution in [3.8, 4) is 23.0 Å². The Kier molecular flexibility index (Phi) is 4.90. The van der Waals surface area contributed by atoms with Gasteiger partial charge in [0, 0.05) is 6.07 Å². The maximum absolute atomic E-state index is 13.0. The molecule has 2 heterocycles. The molecule has 5 nitrogen and oxygen atoms in total. The number of benzene rings is 3. The van der Waals surface area contributed by atoms with Crippen LogP contribution in [0.2, 0.25) is 0 Å². The van der Waals surface area contributed by atoms with Crippen molar-refractivity contribution in [3.63, 3.8) is 0 Å². The number of carbonyl (C=O) groups excluding carboxylic acids is 1. The Balaban J connectivity index is 1.39. The number of thiocarbonyl (C=S) groups is 1. The molecule has 0 N–H and O–H groups in total. The quantitative estimate of drug-likeness (QED) is 0.394. The molecule has 2 aliphatic heterocycles. The standard InChI is InChI=1S/C23H15NO4S2/c25-22-21(12-15-5-4-8-18(11-15)28-17-6-2-1-3-7-17)30-23(29)24(22)16-9-10-19-20(13-16)27-14-26-19/h1-13H,14H2/b21-12+. The first-order valence-corrected chi connectivity index (χ1v) is 10.4. The number of hydrogen-bond acceptors (Lipinski definition) is 6. The summed E-state index contributed by atoms with van der Waals surface area (Å²) in [6.07, 6.45) is 1.82. The number of hydrogen-bond donors (Lipinski definition) is 0. The first kappa shape index (κ1) is 18.7. The van der Waals surface area contributed by atoms with Crippen LogP contribution < -0.4 is 19.1 Å². The molecule has 3 aromatic carbocycles. The van der Waals surface area contributed by atoms with Gasteiger partial charge >= 0.3 is 0 Å². The number of anilines is 1. The topological polar surface area (TPSA) is 48.0 Å². The fraction of sp³-hybridized carbons (Fsp3) is 0.0435. The summed E-state index contributed by atoms with van der Waals surface area (Å²) in [6, 6.07) is 22.5. The van der Waals surface area contributed by atoms with E-state index in [1.807, 2.05) is 60.7 Å². The first-order valence-electron chi connectivity index (χ1n) is 9.18. The molecule has 7 heteroatoms. The third kappa shape index (κ3) is 3.65. The van der Waals surface area contributed by atoms with E-state index in [4.69, 9.17) is 26.4 Å². The second-order valence-corrected chi connectivity index (χ2v) is 8.22. The fourth-order valence-corrected chi connectivity index (χ4v) is 4.46. The van der Waals surface area contributed by atoms with Crippen molar-refractivity contribution < 1.29 is 19.0 Å². The smallest absolute Gasteiger partial charge is 0.270 e. The van der Waals surface area contributed by atoms with Gasteiger partial charge < -0.3 is 14.2 Å². The van der Waals surface area contributed by atoms with E-state index >= 15 is 0 Å². The summed E-state index contributed by atoms with van der Waals surface area (Å²) in [6.45, 7) is 0.179. The highest BCUT2D eigenvalue weighted by Gasteiger charge is 2.34. The minimum absolute atomic E-state index is 0.168. The van der Waals surface area contributed by atoms with Crippen LogP contribution in [0.25, 0.3) is 6.08 Å². The molecule has 3 aromatic rings. The maximum atomic E-state index is 13.0. The molecule has 0 bridgehead atoms. The van der Waals surface area contributed by atoms with Crippen LogP contribution in [0.15, 0.2) is 77.7 Å². The van der Waals surface area contributed by atoms with Crippen molar-refractivity contribution in [2.75, 3.05) is 11.7 Å². The van der Waals surface area contributed by atoms with Crippen molar-refractivity contribution in [1.29, 1.82) is 0 Å². The third-order valence-corrected chi connectivity index (χ3v) is 5.84. The molecule has 0 unspecified atom stereocenters. The van der Waals surface area contributed by atoms with Gasteiger partial charge in [-0.25, -0.2) is 0 Å². The van der Waals surface area contributed by atoms with Crippen LogP contribution in [0.4, 0.5) is 5.69 Å². The summed E-state index contributed by atoms with van der Waals surface area (Å²) in [5, 5.41) is 0. The Labute approximate surface area is 182 Å². The first-order chi connectivity index (χ1) is 14.7. The molecule has 2 aliphatic rings. The van der Waals surface area contributed by atoms with Gasteiger partial charge in [0.2, 0.25) is 6.79 Å². The number of carbonyl (C=O) groups is 1. The normalized spacial score (nSPS) is 16.4. The Bertz CT molecular complexity index is 1180. The van der Waals surface area contributed by atoms with Crippen LogP contribution in [0.3, 0.4) is 0 Å². The van der Waals surface area contributed by atoms with Gasteiger partial charge in [-0.05, 0) is 48.0 Å². The van der Waals surface area contributed by atoms with E-state index in [1.54, 1.807) is 18.2 Å². The van der Waals surface area contributed by atoms with E-state index in [0.29, 0.717) is 32.2 Å². The van der Waals surface area contributed by atoms with Crippen molar-refractivity contribution in [3.05, 3.63) is 83.3 Å². The predicted molar refractivity (Wildman–Crippen MR) is 121 cm³/mol. The maximum Gasteiger partial charge on any atom is 0.270 e. The second kappa shape index (κ2) is 7.85. The lowest BCUT2D eigenvalue weighted by Gasteiger charge is -2.14. The molecule has 0 aromatic heterocycles. The average Bonchev–Trinajstić information content (AvgIpc) is 3.32. The molecule has 1 amide bonds. The minimum Gasteiger partial charge on any atom is -0.457 e. The lowest BCUT2D eigenvalue weighted by atomic mass is 10.2. The zero-order valence-electron chi connectivity index (χ0n) is 15.6. The van der Waals surface area contributed by atoms with Crippen LogP contribution >= 0.6 is 24.0 Å². The summed E-state index contributed by atoms with van der Waals surface area (Å²) >= 11 is 6.73. The molecule has 0 aliphatic carbocycles. The van der Waals surface area contributed by atoms with Crippen LogP contribution in [0, 0.1) is 0 Å². The second-order valence-electron chi connectivity index (χ2n) is 6.54. The predicted octanol–water partition coefficient (Wildman–Crippen LogP) is 5.61. The summed E-state index contributed by atoms with van der Waals surface area (Å²) in [4.78, 5) is 15.1. The molecule has 0 saturated carbocycles. The SMILES string of the molecule is O=C1/C(=C\c2cccc(Oc3ccccc3)c2)SC(=S)N1c1ccc2c(c1)OCO2. The molecule has 0 atom stereocenters. The molecular formula is C23H15NO4S2. The van der Waals surface area contributed by atoms with E-state index in [1.165, 1.54) is 16.7 Å². The highest BCUT2D eigenvalue weighted by atomic mass is 32.2. The fourth-order valence-electron chi connectivity index (χ4n) is 3.16. The van der Waals surface area contributed by atoms with Crippen molar-refractivity contribution in [2.24, 2.45) is 0 Å². The van der Waals surface area contributed by atoms with E-state index in [-0.39, 0.29) is 12.7 Å². The number of fused-ring (bicyclic) bond motifs is 1. The monoisotopic (exact) mass is 433 g/mol. The van der Waals surface area contributed by atoms with Crippen LogP contribution in [-0.4, -0.2) is 17.0 Å². The summed E-state index contributed by atoms with van der Waals surface area (Å²) in [7, 11) is 0. The molecule has 0 radical (unpaired) electrons. The molecule has 1 saturated heterocycles. The lowest BCUT2D eigenvalue weighted by Crippen LogP contribution is -2.27. The number of ether oxygens (including phenoxy) is 3. The van der Waals surface area contributed by atoms with Crippen LogP contribution in [0.1, 0.15) is 5.56 Å². The van der Waals surface area contributed by atoms with E-state index in [9.17, 15) is 4.79 Å². The van der Waals surface area contributed by atoms with Gasteiger partial charge in [0.25, 0.3) is 5.91 Å². The molecule has 5 rings (SSSR count). The van der Waals surface area contributed by atoms with Crippen molar-refractivity contribution >= 4 is 46.0 Å². The Morgan fingerprint density at radius 2 is 1.73 bits per heavy atom. The number of para-hydroxylation sites is 1. The average molecular weight is 434 g/mol. The van der Waals surface area contributed by atoms with Gasteiger partial charge in [0.15, 0.2) is 15.8 Å². The van der Waals surface area contributed by atoms with Crippen LogP contribution in [-0.2, 0) is 4.79 Å². The van der Waals surface area contributed by atoms with Gasteiger partial charge in [-0.1, -0.05) is 54.3 Å². The highest BCUT2D eigenvalue weighted by molar-refractivity contribution is 8.27. The zero-order chi connectivity index (χ0) is 20.5. The number of nitrogens with zero attached hydrogens (tertiary/aromatic N) is 1. The van der Waals surface area contributed by atoms with E-state index in [0.717, 1.165) is 11.3 Å². The molecule has 148 valence electrons. The molecule has 0 spiro atoms. The molecule has 30 heavy (non-hydrogen) atoms. The summed E-state index contributed by atoms with van der Waals surface area (Å²) in [5.41, 5.74) is 1.51. The summed E-state index contributed by atoms with van der Waals surface area (Å²) in [5.74, 6) is 2.55. The van der Waals surface area contributed by atoms with Crippen LogP contribution in [0.5, 0.6) is 23.0 Å². The Morgan fingerprint density at radius 3 is 2.60 bits per heavy atom.